The Balaban J connectivity index is 1.76. The quantitative estimate of drug-likeness (QED) is 0.574. The van der Waals surface area contributed by atoms with Crippen LogP contribution >= 0.6 is 35.0 Å². The van der Waals surface area contributed by atoms with Crippen molar-refractivity contribution in [2.45, 2.75) is 6.54 Å². The molecule has 0 unspecified atom stereocenters. The highest BCUT2D eigenvalue weighted by Crippen LogP contribution is 2.32. The predicted octanol–water partition coefficient (Wildman–Crippen LogP) is 4.42. The molecule has 0 saturated carbocycles. The monoisotopic (exact) mass is 447 g/mol. The van der Waals surface area contributed by atoms with Gasteiger partial charge in [-0.25, -0.2) is 4.98 Å². The standard InChI is InChI=1S/C19H11Cl2N3O4S/c20-11-6-13-14(7-12(11)21)24(8-16(25)26)17(22-13)10-3-1-9(2-4-10)5-15-18(27)23-19(28)29-15/h1-7H,8H2,(H,25,26)(H,23,27,28). The Hall–Kier alpha value is -2.81. The van der Waals surface area contributed by atoms with Crippen molar-refractivity contribution in [3.8, 4) is 11.4 Å². The summed E-state index contributed by atoms with van der Waals surface area (Å²) in [7, 11) is 0. The number of hydrogen-bond acceptors (Lipinski definition) is 5. The number of imide groups is 1. The average Bonchev–Trinajstić information content (AvgIpc) is 3.15. The van der Waals surface area contributed by atoms with Crippen molar-refractivity contribution in [1.29, 1.82) is 0 Å². The third-order valence-corrected chi connectivity index (χ3v) is 5.73. The van der Waals surface area contributed by atoms with Gasteiger partial charge in [-0.3, -0.25) is 19.7 Å². The van der Waals surface area contributed by atoms with Gasteiger partial charge < -0.3 is 9.67 Å². The van der Waals surface area contributed by atoms with E-state index in [1.165, 1.54) is 0 Å². The van der Waals surface area contributed by atoms with Crippen LogP contribution < -0.4 is 5.32 Å². The summed E-state index contributed by atoms with van der Waals surface area (Å²) >= 11 is 13.0. The molecule has 3 aromatic rings. The average molecular weight is 448 g/mol. The Morgan fingerprint density at radius 2 is 1.86 bits per heavy atom. The second-order valence-corrected chi connectivity index (χ2v) is 7.97. The normalized spacial score (nSPS) is 15.3. The number of benzene rings is 2. The highest BCUT2D eigenvalue weighted by Gasteiger charge is 2.25. The molecule has 10 heteroatoms. The molecule has 0 atom stereocenters. The number of halogens is 2. The topological polar surface area (TPSA) is 101 Å². The zero-order chi connectivity index (χ0) is 20.7. The summed E-state index contributed by atoms with van der Waals surface area (Å²) < 4.78 is 1.55. The van der Waals surface area contributed by atoms with Crippen LogP contribution in [0.2, 0.25) is 10.0 Å². The first-order valence-corrected chi connectivity index (χ1v) is 9.81. The summed E-state index contributed by atoms with van der Waals surface area (Å²) in [6, 6.07) is 10.2. The molecular formula is C19H11Cl2N3O4S. The molecule has 1 aliphatic heterocycles. The van der Waals surface area contributed by atoms with Crippen molar-refractivity contribution in [3.05, 3.63) is 56.9 Å². The summed E-state index contributed by atoms with van der Waals surface area (Å²) in [5.74, 6) is -1.00. The molecule has 0 radical (unpaired) electrons. The number of amides is 2. The molecule has 0 bridgehead atoms. The molecule has 1 aromatic heterocycles. The van der Waals surface area contributed by atoms with Crippen molar-refractivity contribution in [1.82, 2.24) is 14.9 Å². The van der Waals surface area contributed by atoms with Crippen molar-refractivity contribution in [3.63, 3.8) is 0 Å². The van der Waals surface area contributed by atoms with Gasteiger partial charge >= 0.3 is 5.97 Å². The molecule has 7 nitrogen and oxygen atoms in total. The van der Waals surface area contributed by atoms with Gasteiger partial charge in [-0.15, -0.1) is 0 Å². The lowest BCUT2D eigenvalue weighted by molar-refractivity contribution is -0.137. The molecule has 1 fully saturated rings. The Morgan fingerprint density at radius 3 is 2.48 bits per heavy atom. The van der Waals surface area contributed by atoms with Crippen LogP contribution in [-0.4, -0.2) is 31.8 Å². The highest BCUT2D eigenvalue weighted by atomic mass is 35.5. The number of carbonyl (C=O) groups is 3. The lowest BCUT2D eigenvalue weighted by Gasteiger charge is -2.07. The van der Waals surface area contributed by atoms with E-state index in [9.17, 15) is 19.5 Å². The van der Waals surface area contributed by atoms with E-state index in [2.05, 4.69) is 10.3 Å². The van der Waals surface area contributed by atoms with E-state index in [1.807, 2.05) is 0 Å². The number of carboxylic acid groups (broad SMARTS) is 1. The third-order valence-electron chi connectivity index (χ3n) is 4.19. The van der Waals surface area contributed by atoms with Gasteiger partial charge in [-0.1, -0.05) is 47.5 Å². The van der Waals surface area contributed by atoms with Crippen molar-refractivity contribution in [2.75, 3.05) is 0 Å². The van der Waals surface area contributed by atoms with Crippen LogP contribution in [0, 0.1) is 0 Å². The van der Waals surface area contributed by atoms with Gasteiger partial charge in [0.15, 0.2) is 0 Å². The number of nitrogens with zero attached hydrogens (tertiary/aromatic N) is 2. The van der Waals surface area contributed by atoms with Crippen LogP contribution in [0.5, 0.6) is 0 Å². The first-order valence-electron chi connectivity index (χ1n) is 8.24. The summed E-state index contributed by atoms with van der Waals surface area (Å²) in [5, 5.41) is 11.7. The maximum atomic E-state index is 11.7. The third kappa shape index (κ3) is 3.87. The molecule has 29 heavy (non-hydrogen) atoms. The number of fused-ring (bicyclic) bond motifs is 1. The van der Waals surface area contributed by atoms with E-state index in [0.29, 0.717) is 42.9 Å². The fourth-order valence-electron chi connectivity index (χ4n) is 2.94. The van der Waals surface area contributed by atoms with Gasteiger partial charge in [0, 0.05) is 5.56 Å². The molecule has 146 valence electrons. The van der Waals surface area contributed by atoms with E-state index in [0.717, 1.165) is 11.8 Å². The fourth-order valence-corrected chi connectivity index (χ4v) is 3.93. The Morgan fingerprint density at radius 1 is 1.17 bits per heavy atom. The highest BCUT2D eigenvalue weighted by molar-refractivity contribution is 8.18. The minimum atomic E-state index is -1.02. The predicted molar refractivity (Wildman–Crippen MR) is 112 cm³/mol. The van der Waals surface area contributed by atoms with E-state index in [-0.39, 0.29) is 6.54 Å². The number of aliphatic carboxylic acids is 1. The molecular weight excluding hydrogens is 437 g/mol. The summed E-state index contributed by atoms with van der Waals surface area (Å²) in [6.07, 6.45) is 1.61. The van der Waals surface area contributed by atoms with Crippen LogP contribution in [0.4, 0.5) is 4.79 Å². The second-order valence-electron chi connectivity index (χ2n) is 6.14. The van der Waals surface area contributed by atoms with Crippen molar-refractivity contribution in [2.24, 2.45) is 0 Å². The number of nitrogens with one attached hydrogen (secondary N) is 1. The maximum Gasteiger partial charge on any atom is 0.323 e. The fraction of sp³-hybridized carbons (Fsp3) is 0.0526. The second kappa shape index (κ2) is 7.55. The zero-order valence-corrected chi connectivity index (χ0v) is 16.8. The largest absolute Gasteiger partial charge is 0.480 e. The van der Waals surface area contributed by atoms with Crippen molar-refractivity contribution >= 4 is 69.2 Å². The van der Waals surface area contributed by atoms with Crippen molar-refractivity contribution < 1.29 is 19.5 Å². The Bertz CT molecular complexity index is 1220. The summed E-state index contributed by atoms with van der Waals surface area (Å²) in [4.78, 5) is 39.1. The number of rotatable bonds is 4. The number of thioether (sulfide) groups is 1. The molecule has 4 rings (SSSR count). The molecule has 2 aromatic carbocycles. The number of hydrogen-bond donors (Lipinski definition) is 2. The first kappa shape index (κ1) is 19.5. The number of imidazole rings is 1. The molecule has 2 amide bonds. The van der Waals surface area contributed by atoms with Crippen LogP contribution in [0.3, 0.4) is 0 Å². The minimum Gasteiger partial charge on any atom is -0.480 e. The Kier molecular flexibility index (Phi) is 5.08. The SMILES string of the molecule is O=C(O)Cn1c(-c2ccc(C=C3SC(=O)NC3=O)cc2)nc2cc(Cl)c(Cl)cc21. The molecule has 2 heterocycles. The molecule has 0 aliphatic carbocycles. The van der Waals surface area contributed by atoms with Gasteiger partial charge in [0.2, 0.25) is 0 Å². The molecule has 1 saturated heterocycles. The van der Waals surface area contributed by atoms with Gasteiger partial charge in [-0.05, 0) is 35.5 Å². The van der Waals surface area contributed by atoms with E-state index < -0.39 is 17.1 Å². The minimum absolute atomic E-state index is 0.297. The lowest BCUT2D eigenvalue weighted by atomic mass is 10.1. The molecule has 2 N–H and O–H groups in total. The van der Waals surface area contributed by atoms with Crippen LogP contribution in [-0.2, 0) is 16.1 Å². The van der Waals surface area contributed by atoms with Crippen LogP contribution in [0.25, 0.3) is 28.5 Å². The number of carbonyl (C=O) groups excluding carboxylic acids is 2. The van der Waals surface area contributed by atoms with Gasteiger partial charge in [-0.2, -0.15) is 0 Å². The summed E-state index contributed by atoms with van der Waals surface area (Å²) in [6.45, 7) is -0.297. The van der Waals surface area contributed by atoms with E-state index in [1.54, 1.807) is 47.0 Å². The number of carboxylic acids is 1. The van der Waals surface area contributed by atoms with E-state index >= 15 is 0 Å². The smallest absolute Gasteiger partial charge is 0.323 e. The Labute approximate surface area is 178 Å². The van der Waals surface area contributed by atoms with Crippen LogP contribution in [0.1, 0.15) is 5.56 Å². The first-order chi connectivity index (χ1) is 13.8. The van der Waals surface area contributed by atoms with E-state index in [4.69, 9.17) is 23.2 Å². The summed E-state index contributed by atoms with van der Waals surface area (Å²) in [5.41, 5.74) is 2.48. The number of aromatic nitrogens is 2. The zero-order valence-electron chi connectivity index (χ0n) is 14.5. The van der Waals surface area contributed by atoms with Crippen LogP contribution in [0.15, 0.2) is 41.3 Å². The molecule has 0 spiro atoms. The van der Waals surface area contributed by atoms with Gasteiger partial charge in [0.25, 0.3) is 11.1 Å². The molecule has 1 aliphatic rings. The van der Waals surface area contributed by atoms with Gasteiger partial charge in [0.1, 0.15) is 12.4 Å². The maximum absolute atomic E-state index is 11.7. The van der Waals surface area contributed by atoms with Gasteiger partial charge in [0.05, 0.1) is 26.0 Å². The lowest BCUT2D eigenvalue weighted by Crippen LogP contribution is -2.17.